The van der Waals surface area contributed by atoms with Gasteiger partial charge in [0, 0.05) is 26.1 Å². The van der Waals surface area contributed by atoms with Gasteiger partial charge in [-0.25, -0.2) is 4.79 Å². The first-order valence-electron chi connectivity index (χ1n) is 6.23. The van der Waals surface area contributed by atoms with E-state index in [4.69, 9.17) is 0 Å². The minimum Gasteiger partial charge on any atom is -0.296 e. The van der Waals surface area contributed by atoms with Crippen LogP contribution in [0.2, 0.25) is 0 Å². The van der Waals surface area contributed by atoms with E-state index in [-0.39, 0.29) is 5.43 Å². The summed E-state index contributed by atoms with van der Waals surface area (Å²) < 4.78 is 5.39. The molecule has 6 heteroatoms. The van der Waals surface area contributed by atoms with Crippen molar-refractivity contribution >= 4 is 21.4 Å². The molecule has 2 aromatic heterocycles. The number of hydrogen-bond donors (Lipinski definition) is 1. The van der Waals surface area contributed by atoms with Gasteiger partial charge < -0.3 is 0 Å². The van der Waals surface area contributed by atoms with E-state index >= 15 is 0 Å². The van der Waals surface area contributed by atoms with E-state index in [1.165, 1.54) is 0 Å². The van der Waals surface area contributed by atoms with Gasteiger partial charge in [-0.15, -0.1) is 11.3 Å². The highest BCUT2D eigenvalue weighted by atomic mass is 32.1. The Morgan fingerprint density at radius 3 is 2.80 bits per heavy atom. The largest absolute Gasteiger partial charge is 0.439 e. The Morgan fingerprint density at radius 1 is 1.35 bits per heavy atom. The molecule has 5 nitrogen and oxygen atoms in total. The standard InChI is InChI=1S/C14H12N2O3S/c1-3-10-7(2)12(17)9-5-4-8(6-11(9)20-10)13-15-14(18)19-16-13/h4-6H,3H2,1-2H3,(H,15,16,18). The predicted molar refractivity (Wildman–Crippen MR) is 78.3 cm³/mol. The predicted octanol–water partition coefficient (Wildman–Crippen LogP) is 2.48. The maximum atomic E-state index is 12.3. The minimum absolute atomic E-state index is 0.0656. The highest BCUT2D eigenvalue weighted by Crippen LogP contribution is 2.26. The Morgan fingerprint density at radius 2 is 2.15 bits per heavy atom. The molecule has 0 unspecified atom stereocenters. The second-order valence-corrected chi connectivity index (χ2v) is 5.62. The molecule has 20 heavy (non-hydrogen) atoms. The van der Waals surface area contributed by atoms with Gasteiger partial charge in [0.15, 0.2) is 11.3 Å². The van der Waals surface area contributed by atoms with E-state index in [9.17, 15) is 9.59 Å². The first-order chi connectivity index (χ1) is 9.60. The number of nitrogens with zero attached hydrogens (tertiary/aromatic N) is 1. The van der Waals surface area contributed by atoms with E-state index in [1.54, 1.807) is 23.5 Å². The Balaban J connectivity index is 2.28. The van der Waals surface area contributed by atoms with E-state index in [0.717, 1.165) is 27.1 Å². The molecule has 0 radical (unpaired) electrons. The maximum absolute atomic E-state index is 12.3. The maximum Gasteiger partial charge on any atom is 0.439 e. The van der Waals surface area contributed by atoms with E-state index < -0.39 is 5.76 Å². The normalized spacial score (nSPS) is 11.1. The summed E-state index contributed by atoms with van der Waals surface area (Å²) in [6.07, 6.45) is 0.826. The van der Waals surface area contributed by atoms with Crippen molar-refractivity contribution < 1.29 is 4.52 Å². The van der Waals surface area contributed by atoms with E-state index in [2.05, 4.69) is 14.7 Å². The van der Waals surface area contributed by atoms with Crippen molar-refractivity contribution in [3.8, 4) is 11.4 Å². The zero-order valence-corrected chi connectivity index (χ0v) is 11.8. The van der Waals surface area contributed by atoms with Gasteiger partial charge in [0.1, 0.15) is 0 Å². The lowest BCUT2D eigenvalue weighted by Gasteiger charge is -2.05. The Labute approximate surface area is 117 Å². The van der Waals surface area contributed by atoms with Crippen LogP contribution in [0.5, 0.6) is 0 Å². The summed E-state index contributed by atoms with van der Waals surface area (Å²) in [6, 6.07) is 5.38. The lowest BCUT2D eigenvalue weighted by Crippen LogP contribution is -2.07. The molecular formula is C14H12N2O3S. The van der Waals surface area contributed by atoms with E-state index in [0.29, 0.717) is 11.2 Å². The monoisotopic (exact) mass is 288 g/mol. The van der Waals surface area contributed by atoms with Crippen LogP contribution >= 0.6 is 11.3 Å². The van der Waals surface area contributed by atoms with Crippen LogP contribution in [-0.2, 0) is 6.42 Å². The summed E-state index contributed by atoms with van der Waals surface area (Å²) in [5.74, 6) is -0.221. The van der Waals surface area contributed by atoms with Crippen molar-refractivity contribution in [3.63, 3.8) is 0 Å². The highest BCUT2D eigenvalue weighted by molar-refractivity contribution is 7.18. The van der Waals surface area contributed by atoms with Gasteiger partial charge in [0.05, 0.1) is 0 Å². The Kier molecular flexibility index (Phi) is 3.02. The second kappa shape index (κ2) is 4.72. The van der Waals surface area contributed by atoms with Crippen molar-refractivity contribution in [1.82, 2.24) is 10.1 Å². The van der Waals surface area contributed by atoms with Crippen molar-refractivity contribution in [2.45, 2.75) is 20.3 Å². The van der Waals surface area contributed by atoms with Gasteiger partial charge in [-0.1, -0.05) is 18.1 Å². The molecule has 3 rings (SSSR count). The molecule has 1 N–H and O–H groups in total. The number of nitrogens with one attached hydrogen (secondary N) is 1. The van der Waals surface area contributed by atoms with Gasteiger partial charge in [-0.05, 0) is 25.5 Å². The van der Waals surface area contributed by atoms with Crippen LogP contribution in [0.1, 0.15) is 17.4 Å². The number of benzene rings is 1. The number of hydrogen-bond acceptors (Lipinski definition) is 5. The van der Waals surface area contributed by atoms with Crippen LogP contribution in [0.4, 0.5) is 0 Å². The summed E-state index contributed by atoms with van der Waals surface area (Å²) in [5.41, 5.74) is 1.60. The molecule has 0 aliphatic carbocycles. The SMILES string of the molecule is CCc1sc2cc(-c3noc(=O)[nH]3)ccc2c(=O)c1C. The third kappa shape index (κ3) is 1.98. The summed E-state index contributed by atoms with van der Waals surface area (Å²) in [7, 11) is 0. The number of rotatable bonds is 2. The number of aromatic amines is 1. The van der Waals surface area contributed by atoms with Crippen LogP contribution < -0.4 is 11.2 Å². The fraction of sp³-hybridized carbons (Fsp3) is 0.214. The number of aromatic nitrogens is 2. The molecule has 3 aromatic rings. The highest BCUT2D eigenvalue weighted by Gasteiger charge is 2.10. The van der Waals surface area contributed by atoms with Crippen molar-refractivity contribution in [2.75, 3.05) is 0 Å². The van der Waals surface area contributed by atoms with Gasteiger partial charge >= 0.3 is 5.76 Å². The third-order valence-corrected chi connectivity index (χ3v) is 4.65. The molecule has 102 valence electrons. The first kappa shape index (κ1) is 12.8. The zero-order chi connectivity index (χ0) is 14.3. The quantitative estimate of drug-likeness (QED) is 0.786. The summed E-state index contributed by atoms with van der Waals surface area (Å²) in [6.45, 7) is 3.89. The lowest BCUT2D eigenvalue weighted by atomic mass is 10.1. The van der Waals surface area contributed by atoms with Crippen LogP contribution in [0, 0.1) is 6.92 Å². The van der Waals surface area contributed by atoms with Crippen LogP contribution in [0.3, 0.4) is 0 Å². The average Bonchev–Trinajstić information content (AvgIpc) is 2.89. The smallest absolute Gasteiger partial charge is 0.296 e. The topological polar surface area (TPSA) is 76.0 Å². The Hall–Kier alpha value is -2.21. The van der Waals surface area contributed by atoms with E-state index in [1.807, 2.05) is 19.9 Å². The molecular weight excluding hydrogens is 276 g/mol. The molecule has 2 heterocycles. The molecule has 0 atom stereocenters. The zero-order valence-electron chi connectivity index (χ0n) is 11.0. The van der Waals surface area contributed by atoms with Crippen molar-refractivity contribution in [3.05, 3.63) is 49.4 Å². The Bertz CT molecular complexity index is 905. The molecule has 0 aliphatic rings. The van der Waals surface area contributed by atoms with Gasteiger partial charge in [0.25, 0.3) is 0 Å². The van der Waals surface area contributed by atoms with Crippen LogP contribution in [-0.4, -0.2) is 10.1 Å². The average molecular weight is 288 g/mol. The number of aryl methyl sites for hydroxylation is 1. The summed E-state index contributed by atoms with van der Waals surface area (Å²) in [5, 5.41) is 4.35. The first-order valence-corrected chi connectivity index (χ1v) is 7.04. The number of fused-ring (bicyclic) bond motifs is 1. The molecule has 1 aromatic carbocycles. The minimum atomic E-state index is -0.591. The molecule has 0 bridgehead atoms. The van der Waals surface area contributed by atoms with Crippen molar-refractivity contribution in [2.24, 2.45) is 0 Å². The van der Waals surface area contributed by atoms with Gasteiger partial charge in [-0.3, -0.25) is 14.3 Å². The molecule has 0 fully saturated rings. The van der Waals surface area contributed by atoms with Gasteiger partial charge in [0.2, 0.25) is 0 Å². The number of H-pyrrole nitrogens is 1. The molecule has 0 amide bonds. The molecule has 0 saturated heterocycles. The molecule has 0 aliphatic heterocycles. The fourth-order valence-corrected chi connectivity index (χ4v) is 3.28. The fourth-order valence-electron chi connectivity index (χ4n) is 2.17. The summed E-state index contributed by atoms with van der Waals surface area (Å²) >= 11 is 1.59. The molecule has 0 spiro atoms. The third-order valence-electron chi connectivity index (χ3n) is 3.25. The summed E-state index contributed by atoms with van der Waals surface area (Å²) in [4.78, 5) is 26.9. The molecule has 0 saturated carbocycles. The lowest BCUT2D eigenvalue weighted by molar-refractivity contribution is 0.388. The van der Waals surface area contributed by atoms with Crippen LogP contribution in [0.25, 0.3) is 21.5 Å². The van der Waals surface area contributed by atoms with Crippen molar-refractivity contribution in [1.29, 1.82) is 0 Å². The second-order valence-electron chi connectivity index (χ2n) is 4.49. The van der Waals surface area contributed by atoms with Crippen LogP contribution in [0.15, 0.2) is 32.3 Å². The van der Waals surface area contributed by atoms with Gasteiger partial charge in [-0.2, -0.15) is 0 Å².